The molecule has 0 spiro atoms. The number of amides is 1. The number of hydrogen-bond donors (Lipinski definition) is 0. The summed E-state index contributed by atoms with van der Waals surface area (Å²) < 4.78 is 103. The topological polar surface area (TPSA) is 67.8 Å². The summed E-state index contributed by atoms with van der Waals surface area (Å²) in [5.41, 5.74) is -2.72. The van der Waals surface area contributed by atoms with E-state index in [2.05, 4.69) is 30.6 Å². The summed E-state index contributed by atoms with van der Waals surface area (Å²) in [6.07, 6.45) is -9.11. The minimum Gasteiger partial charge on any atom is -0.454 e. The normalized spacial score (nSPS) is 20.5. The Balaban J connectivity index is 1.78. The number of carbonyl (C=O) groups excluding carboxylic acids is 1. The van der Waals surface area contributed by atoms with Crippen LogP contribution in [0.1, 0.15) is 39.2 Å². The summed E-state index contributed by atoms with van der Waals surface area (Å²) in [5, 5.41) is -0.350. The van der Waals surface area contributed by atoms with Gasteiger partial charge in [-0.3, -0.25) is 4.90 Å². The Morgan fingerprint density at radius 1 is 1.08 bits per heavy atom. The second kappa shape index (κ2) is 9.31. The van der Waals surface area contributed by atoms with E-state index in [1.807, 2.05) is 0 Å². The number of hydrogen-bond acceptors (Lipinski definition) is 6. The number of piperazine rings is 1. The number of fused-ring (bicyclic) bond motifs is 3. The molecule has 2 aliphatic rings. The summed E-state index contributed by atoms with van der Waals surface area (Å²) in [7, 11) is 0. The van der Waals surface area contributed by atoms with Crippen molar-refractivity contribution in [1.29, 1.82) is 0 Å². The zero-order valence-electron chi connectivity index (χ0n) is 19.8. The number of alkyl halides is 6. The van der Waals surface area contributed by atoms with E-state index in [1.54, 1.807) is 25.7 Å². The van der Waals surface area contributed by atoms with Gasteiger partial charge in [0.05, 0.1) is 22.1 Å². The van der Waals surface area contributed by atoms with Gasteiger partial charge in [-0.15, -0.1) is 0 Å². The van der Waals surface area contributed by atoms with Crippen molar-refractivity contribution in [2.75, 3.05) is 24.6 Å². The summed E-state index contributed by atoms with van der Waals surface area (Å²) in [6, 6.07) is -0.999. The van der Waals surface area contributed by atoms with Gasteiger partial charge in [0.2, 0.25) is 0 Å². The monoisotopic (exact) mass is 602 g/mol. The van der Waals surface area contributed by atoms with E-state index in [4.69, 9.17) is 4.74 Å². The molecule has 2 fully saturated rings. The van der Waals surface area contributed by atoms with Crippen molar-refractivity contribution in [3.63, 3.8) is 0 Å². The van der Waals surface area contributed by atoms with Gasteiger partial charge in [0.1, 0.15) is 16.9 Å². The number of nitrogens with zero attached hydrogens (tertiary/aromatic N) is 4. The highest BCUT2D eigenvalue weighted by Gasteiger charge is 2.45. The van der Waals surface area contributed by atoms with E-state index < -0.39 is 70.1 Å². The average Bonchev–Trinajstić information content (AvgIpc) is 3.02. The third kappa shape index (κ3) is 5.80. The van der Waals surface area contributed by atoms with Gasteiger partial charge in [-0.25, -0.2) is 9.18 Å². The fourth-order valence-electron chi connectivity index (χ4n) is 4.51. The van der Waals surface area contributed by atoms with Crippen LogP contribution in [0, 0.1) is 5.82 Å². The van der Waals surface area contributed by atoms with Gasteiger partial charge in [0.15, 0.2) is 12.4 Å². The van der Waals surface area contributed by atoms with E-state index in [0.29, 0.717) is 18.9 Å². The number of anilines is 1. The van der Waals surface area contributed by atoms with Crippen molar-refractivity contribution < 1.29 is 45.0 Å². The summed E-state index contributed by atoms with van der Waals surface area (Å²) in [5.74, 6) is -1.64. The molecule has 0 aliphatic carbocycles. The lowest BCUT2D eigenvalue weighted by Gasteiger charge is -2.42. The smallest absolute Gasteiger partial charge is 0.422 e. The van der Waals surface area contributed by atoms with Gasteiger partial charge in [-0.1, -0.05) is 0 Å². The maximum Gasteiger partial charge on any atom is 0.422 e. The van der Waals surface area contributed by atoms with Crippen LogP contribution in [0.5, 0.6) is 6.01 Å². The molecule has 0 N–H and O–H groups in total. The van der Waals surface area contributed by atoms with Crippen LogP contribution in [0.3, 0.4) is 0 Å². The number of benzene rings is 1. The second-order valence-electron chi connectivity index (χ2n) is 9.86. The lowest BCUT2D eigenvalue weighted by molar-refractivity contribution is -0.154. The molecule has 2 bridgehead atoms. The summed E-state index contributed by atoms with van der Waals surface area (Å²) in [4.78, 5) is 23.4. The fourth-order valence-corrected chi connectivity index (χ4v) is 5.04. The van der Waals surface area contributed by atoms with E-state index in [1.165, 1.54) is 4.90 Å². The molecule has 0 radical (unpaired) electrons. The van der Waals surface area contributed by atoms with Gasteiger partial charge in [0, 0.05) is 18.5 Å². The highest BCUT2D eigenvalue weighted by molar-refractivity contribution is 9.10. The fraction of sp³-hybridized carbons (Fsp3) is 0.591. The van der Waals surface area contributed by atoms with E-state index in [0.717, 1.165) is 0 Å². The van der Waals surface area contributed by atoms with Crippen LogP contribution in [0.15, 0.2) is 10.5 Å². The van der Waals surface area contributed by atoms with Crippen molar-refractivity contribution in [3.05, 3.63) is 21.9 Å². The molecule has 7 nitrogen and oxygen atoms in total. The first-order valence-electron chi connectivity index (χ1n) is 11.2. The number of rotatable bonds is 3. The molecular formula is C22H22BrF7N4O3. The van der Waals surface area contributed by atoms with Gasteiger partial charge >= 0.3 is 24.5 Å². The lowest BCUT2D eigenvalue weighted by Crippen LogP contribution is -2.57. The lowest BCUT2D eigenvalue weighted by atomic mass is 10.1. The maximum atomic E-state index is 15.1. The van der Waals surface area contributed by atoms with Gasteiger partial charge in [0.25, 0.3) is 0 Å². The van der Waals surface area contributed by atoms with Gasteiger partial charge in [-0.05, 0) is 55.6 Å². The molecule has 1 amide bonds. The maximum absolute atomic E-state index is 15.1. The molecule has 1 aromatic heterocycles. The minimum absolute atomic E-state index is 0.0829. The molecule has 4 rings (SSSR count). The van der Waals surface area contributed by atoms with Crippen LogP contribution in [-0.2, 0) is 10.9 Å². The Hall–Kier alpha value is -2.58. The quantitative estimate of drug-likeness (QED) is 0.397. The minimum atomic E-state index is -4.94. The summed E-state index contributed by atoms with van der Waals surface area (Å²) in [6.45, 7) is 3.52. The number of ether oxygens (including phenoxy) is 2. The van der Waals surface area contributed by atoms with Crippen molar-refractivity contribution in [1.82, 2.24) is 14.9 Å². The number of halogens is 8. The molecule has 0 saturated carbocycles. The Kier molecular flexibility index (Phi) is 6.91. The number of carbonyl (C=O) groups is 1. The van der Waals surface area contributed by atoms with Gasteiger partial charge < -0.3 is 14.4 Å². The van der Waals surface area contributed by atoms with Crippen molar-refractivity contribution >= 4 is 38.7 Å². The molecule has 204 valence electrons. The van der Waals surface area contributed by atoms with E-state index >= 15 is 4.39 Å². The molecule has 0 unspecified atom stereocenters. The van der Waals surface area contributed by atoms with Crippen LogP contribution in [0.2, 0.25) is 0 Å². The van der Waals surface area contributed by atoms with Gasteiger partial charge in [-0.2, -0.15) is 36.3 Å². The summed E-state index contributed by atoms with van der Waals surface area (Å²) >= 11 is 2.58. The Morgan fingerprint density at radius 3 is 2.19 bits per heavy atom. The molecule has 3 heterocycles. The highest BCUT2D eigenvalue weighted by atomic mass is 79.9. The first kappa shape index (κ1) is 27.5. The zero-order valence-corrected chi connectivity index (χ0v) is 21.4. The van der Waals surface area contributed by atoms with E-state index in [9.17, 15) is 31.1 Å². The van der Waals surface area contributed by atoms with Crippen LogP contribution in [0.4, 0.5) is 41.3 Å². The molecule has 2 aromatic rings. The van der Waals surface area contributed by atoms with Crippen LogP contribution in [0.25, 0.3) is 10.9 Å². The highest BCUT2D eigenvalue weighted by Crippen LogP contribution is 2.42. The zero-order chi connectivity index (χ0) is 27.5. The van der Waals surface area contributed by atoms with Crippen LogP contribution >= 0.6 is 15.9 Å². The predicted octanol–water partition coefficient (Wildman–Crippen LogP) is 6.08. The Labute approximate surface area is 215 Å². The molecule has 2 saturated heterocycles. The SMILES string of the molecule is CC(C)(C)OC(=O)N1[C@@H]2CC[C@H]1CN(c1nc(OCC(F)(F)F)nc3c(F)c(Br)c(C(F)(F)F)cc13)C2. The third-order valence-electron chi connectivity index (χ3n) is 5.89. The van der Waals surface area contributed by atoms with Crippen LogP contribution in [-0.4, -0.2) is 64.5 Å². The van der Waals surface area contributed by atoms with Crippen molar-refractivity contribution in [3.8, 4) is 6.01 Å². The Morgan fingerprint density at radius 2 is 1.68 bits per heavy atom. The molecule has 2 atom stereocenters. The molecule has 15 heteroatoms. The number of aromatic nitrogens is 2. The standard InChI is InChI=1S/C22H22BrF7N4O3/c1-20(2,3)37-19(35)34-10-4-5-11(34)8-33(7-10)17-12-6-13(22(28,29)30)14(23)15(24)16(12)31-18(32-17)36-9-21(25,26)27/h6,10-11H,4-5,7-9H2,1-3H3/t10-,11+. The second-order valence-corrected chi connectivity index (χ2v) is 10.7. The Bertz CT molecular complexity index is 1200. The molecular weight excluding hydrogens is 581 g/mol. The first-order chi connectivity index (χ1) is 16.9. The molecule has 37 heavy (non-hydrogen) atoms. The van der Waals surface area contributed by atoms with E-state index in [-0.39, 0.29) is 24.3 Å². The third-order valence-corrected chi connectivity index (χ3v) is 6.66. The average molecular weight is 603 g/mol. The van der Waals surface area contributed by atoms with Crippen LogP contribution < -0.4 is 9.64 Å². The van der Waals surface area contributed by atoms with Crippen molar-refractivity contribution in [2.24, 2.45) is 0 Å². The predicted molar refractivity (Wildman–Crippen MR) is 121 cm³/mol. The van der Waals surface area contributed by atoms with Crippen molar-refractivity contribution in [2.45, 2.75) is 63.7 Å². The largest absolute Gasteiger partial charge is 0.454 e. The first-order valence-corrected chi connectivity index (χ1v) is 12.0. The molecule has 1 aromatic carbocycles. The molecule has 2 aliphatic heterocycles.